The van der Waals surface area contributed by atoms with Crippen LogP contribution in [-0.2, 0) is 11.2 Å². The van der Waals surface area contributed by atoms with Gasteiger partial charge in [0.1, 0.15) is 5.82 Å². The smallest absolute Gasteiger partial charge is 0.313 e. The van der Waals surface area contributed by atoms with Crippen molar-refractivity contribution in [2.75, 3.05) is 5.75 Å². The number of nitrogens with zero attached hydrogens (tertiary/aromatic N) is 3. The number of aryl methyl sites for hydroxylation is 1. The monoisotopic (exact) mass is 297 g/mol. The SMILES string of the molecule is CCCc1nnc(SCC(=O)O)n1C1CCC(C)C1C. The molecule has 6 heteroatoms. The molecule has 0 aromatic carbocycles. The summed E-state index contributed by atoms with van der Waals surface area (Å²) < 4.78 is 2.21. The molecule has 0 aliphatic heterocycles. The van der Waals surface area contributed by atoms with Gasteiger partial charge in [-0.05, 0) is 31.1 Å². The van der Waals surface area contributed by atoms with Crippen LogP contribution in [0.25, 0.3) is 0 Å². The van der Waals surface area contributed by atoms with E-state index < -0.39 is 5.97 Å². The fraction of sp³-hybridized carbons (Fsp3) is 0.786. The number of carboxylic acids is 1. The van der Waals surface area contributed by atoms with E-state index in [1.165, 1.54) is 18.2 Å². The lowest BCUT2D eigenvalue weighted by Crippen LogP contribution is -2.18. The molecule has 1 aromatic heterocycles. The van der Waals surface area contributed by atoms with Crippen LogP contribution in [0.1, 0.15) is 51.9 Å². The van der Waals surface area contributed by atoms with Crippen LogP contribution in [0.4, 0.5) is 0 Å². The van der Waals surface area contributed by atoms with Gasteiger partial charge in [-0.2, -0.15) is 0 Å². The maximum Gasteiger partial charge on any atom is 0.313 e. The summed E-state index contributed by atoms with van der Waals surface area (Å²) in [4.78, 5) is 10.8. The molecule has 1 aliphatic carbocycles. The van der Waals surface area contributed by atoms with Crippen LogP contribution in [0.2, 0.25) is 0 Å². The second-order valence-electron chi connectivity index (χ2n) is 5.68. The van der Waals surface area contributed by atoms with E-state index in [4.69, 9.17) is 5.11 Å². The molecule has 0 amide bonds. The Labute approximate surface area is 124 Å². The number of aliphatic carboxylic acids is 1. The van der Waals surface area contributed by atoms with Crippen molar-refractivity contribution in [2.24, 2.45) is 11.8 Å². The van der Waals surface area contributed by atoms with Crippen molar-refractivity contribution in [1.82, 2.24) is 14.8 Å². The second kappa shape index (κ2) is 6.61. The number of thioether (sulfide) groups is 1. The predicted molar refractivity (Wildman–Crippen MR) is 79.0 cm³/mol. The third-order valence-corrected chi connectivity index (χ3v) is 5.22. The van der Waals surface area contributed by atoms with Crippen LogP contribution in [0.5, 0.6) is 0 Å². The third-order valence-electron chi connectivity index (χ3n) is 4.29. The Bertz CT molecular complexity index is 475. The van der Waals surface area contributed by atoms with Crippen molar-refractivity contribution >= 4 is 17.7 Å². The molecule has 0 saturated heterocycles. The zero-order valence-electron chi connectivity index (χ0n) is 12.4. The van der Waals surface area contributed by atoms with Gasteiger partial charge in [0.05, 0.1) is 5.75 Å². The van der Waals surface area contributed by atoms with E-state index in [-0.39, 0.29) is 5.75 Å². The molecule has 5 nitrogen and oxygen atoms in total. The van der Waals surface area contributed by atoms with Gasteiger partial charge in [0.25, 0.3) is 0 Å². The van der Waals surface area contributed by atoms with Gasteiger partial charge in [0.2, 0.25) is 0 Å². The van der Waals surface area contributed by atoms with Gasteiger partial charge in [-0.3, -0.25) is 4.79 Å². The van der Waals surface area contributed by atoms with Gasteiger partial charge < -0.3 is 9.67 Å². The van der Waals surface area contributed by atoms with Crippen LogP contribution >= 0.6 is 11.8 Å². The van der Waals surface area contributed by atoms with Crippen LogP contribution in [0.15, 0.2) is 5.16 Å². The number of rotatable bonds is 6. The Kier molecular flexibility index (Phi) is 5.07. The fourth-order valence-electron chi connectivity index (χ4n) is 2.96. The van der Waals surface area contributed by atoms with Gasteiger partial charge in [-0.1, -0.05) is 32.5 Å². The van der Waals surface area contributed by atoms with E-state index in [1.54, 1.807) is 0 Å². The molecule has 1 heterocycles. The minimum absolute atomic E-state index is 0.0426. The molecule has 112 valence electrons. The lowest BCUT2D eigenvalue weighted by Gasteiger charge is -2.22. The molecule has 0 bridgehead atoms. The van der Waals surface area contributed by atoms with Crippen molar-refractivity contribution in [3.05, 3.63) is 5.82 Å². The topological polar surface area (TPSA) is 68.0 Å². The minimum atomic E-state index is -0.811. The minimum Gasteiger partial charge on any atom is -0.481 e. The highest BCUT2D eigenvalue weighted by Crippen LogP contribution is 2.42. The normalized spacial score (nSPS) is 26.1. The van der Waals surface area contributed by atoms with Gasteiger partial charge in [-0.25, -0.2) is 0 Å². The average molecular weight is 297 g/mol. The third kappa shape index (κ3) is 3.16. The lowest BCUT2D eigenvalue weighted by molar-refractivity contribution is -0.133. The van der Waals surface area contributed by atoms with Crippen molar-refractivity contribution in [1.29, 1.82) is 0 Å². The predicted octanol–water partition coefficient (Wildman–Crippen LogP) is 3.01. The van der Waals surface area contributed by atoms with E-state index in [1.807, 2.05) is 0 Å². The van der Waals surface area contributed by atoms with Crippen molar-refractivity contribution < 1.29 is 9.90 Å². The first-order chi connectivity index (χ1) is 9.54. The van der Waals surface area contributed by atoms with Crippen LogP contribution < -0.4 is 0 Å². The summed E-state index contributed by atoms with van der Waals surface area (Å²) >= 11 is 1.28. The first-order valence-electron chi connectivity index (χ1n) is 7.33. The molecule has 1 aliphatic rings. The fourth-order valence-corrected chi connectivity index (χ4v) is 3.69. The van der Waals surface area contributed by atoms with Gasteiger partial charge >= 0.3 is 5.97 Å². The summed E-state index contributed by atoms with van der Waals surface area (Å²) in [6.07, 6.45) is 4.28. The number of aromatic nitrogens is 3. The van der Waals surface area contributed by atoms with Crippen molar-refractivity contribution in [3.63, 3.8) is 0 Å². The van der Waals surface area contributed by atoms with Crippen molar-refractivity contribution in [2.45, 2.75) is 57.7 Å². The molecular weight excluding hydrogens is 274 g/mol. The first-order valence-corrected chi connectivity index (χ1v) is 8.31. The van der Waals surface area contributed by atoms with Gasteiger partial charge in [0, 0.05) is 12.5 Å². The molecule has 1 aromatic rings. The Morgan fingerprint density at radius 1 is 1.40 bits per heavy atom. The van der Waals surface area contributed by atoms with Crippen molar-refractivity contribution in [3.8, 4) is 0 Å². The molecule has 1 N–H and O–H groups in total. The maximum absolute atomic E-state index is 10.8. The van der Waals surface area contributed by atoms with Crippen LogP contribution in [-0.4, -0.2) is 31.6 Å². The highest BCUT2D eigenvalue weighted by molar-refractivity contribution is 7.99. The maximum atomic E-state index is 10.8. The molecule has 1 fully saturated rings. The number of hydrogen-bond acceptors (Lipinski definition) is 4. The number of hydrogen-bond donors (Lipinski definition) is 1. The van der Waals surface area contributed by atoms with Gasteiger partial charge in [-0.15, -0.1) is 10.2 Å². The van der Waals surface area contributed by atoms with Gasteiger partial charge in [0.15, 0.2) is 5.16 Å². The van der Waals surface area contributed by atoms with E-state index in [0.717, 1.165) is 30.2 Å². The Balaban J connectivity index is 2.26. The molecule has 3 unspecified atom stereocenters. The Hall–Kier alpha value is -1.04. The molecule has 2 rings (SSSR count). The van der Waals surface area contributed by atoms with E-state index in [2.05, 4.69) is 35.5 Å². The first kappa shape index (κ1) is 15.4. The lowest BCUT2D eigenvalue weighted by atomic mass is 9.97. The Morgan fingerprint density at radius 3 is 2.70 bits per heavy atom. The van der Waals surface area contributed by atoms with E-state index in [0.29, 0.717) is 17.9 Å². The second-order valence-corrected chi connectivity index (χ2v) is 6.62. The zero-order chi connectivity index (χ0) is 14.7. The summed E-state index contributed by atoms with van der Waals surface area (Å²) in [5.74, 6) is 1.53. The van der Waals surface area contributed by atoms with Crippen LogP contribution in [0, 0.1) is 11.8 Å². The largest absolute Gasteiger partial charge is 0.481 e. The molecule has 3 atom stereocenters. The zero-order valence-corrected chi connectivity index (χ0v) is 13.2. The molecular formula is C14H23N3O2S. The highest BCUT2D eigenvalue weighted by atomic mass is 32.2. The number of carbonyl (C=O) groups is 1. The summed E-state index contributed by atoms with van der Waals surface area (Å²) in [5, 5.41) is 18.1. The summed E-state index contributed by atoms with van der Waals surface area (Å²) in [5.41, 5.74) is 0. The average Bonchev–Trinajstić information content (AvgIpc) is 2.93. The standard InChI is InChI=1S/C14H23N3O2S/c1-4-5-12-15-16-14(20-8-13(18)19)17(12)11-7-6-9(2)10(11)3/h9-11H,4-8H2,1-3H3,(H,18,19). The molecule has 20 heavy (non-hydrogen) atoms. The van der Waals surface area contributed by atoms with E-state index in [9.17, 15) is 4.79 Å². The quantitative estimate of drug-likeness (QED) is 0.817. The van der Waals surface area contributed by atoms with E-state index >= 15 is 0 Å². The molecule has 0 spiro atoms. The number of carboxylic acid groups (broad SMARTS) is 1. The summed E-state index contributed by atoms with van der Waals surface area (Å²) in [6.45, 7) is 6.70. The van der Waals surface area contributed by atoms with Crippen LogP contribution in [0.3, 0.4) is 0 Å². The summed E-state index contributed by atoms with van der Waals surface area (Å²) in [7, 11) is 0. The highest BCUT2D eigenvalue weighted by Gasteiger charge is 2.34. The molecule has 1 saturated carbocycles. The molecule has 0 radical (unpaired) electrons. The Morgan fingerprint density at radius 2 is 2.15 bits per heavy atom. The summed E-state index contributed by atoms with van der Waals surface area (Å²) in [6, 6.07) is 0.415.